The van der Waals surface area contributed by atoms with Crippen molar-refractivity contribution in [1.29, 1.82) is 0 Å². The third kappa shape index (κ3) is 2.96. The molecular formula is C18H21N3O2. The Morgan fingerprint density at radius 3 is 2.96 bits per heavy atom. The Morgan fingerprint density at radius 1 is 1.09 bits per heavy atom. The van der Waals surface area contributed by atoms with Crippen molar-refractivity contribution in [3.8, 4) is 5.75 Å². The molecule has 0 bridgehead atoms. The highest BCUT2D eigenvalue weighted by Gasteiger charge is 2.20. The van der Waals surface area contributed by atoms with Gasteiger partial charge in [0, 0.05) is 25.2 Å². The molecular weight excluding hydrogens is 290 g/mol. The van der Waals surface area contributed by atoms with Crippen LogP contribution in [0.2, 0.25) is 0 Å². The van der Waals surface area contributed by atoms with E-state index in [1.165, 1.54) is 23.2 Å². The van der Waals surface area contributed by atoms with Crippen LogP contribution < -0.4 is 4.74 Å². The monoisotopic (exact) mass is 311 g/mol. The Morgan fingerprint density at radius 2 is 2.00 bits per heavy atom. The van der Waals surface area contributed by atoms with Crippen molar-refractivity contribution in [1.82, 2.24) is 14.9 Å². The molecule has 1 aromatic heterocycles. The van der Waals surface area contributed by atoms with Crippen molar-refractivity contribution in [2.75, 3.05) is 13.1 Å². The summed E-state index contributed by atoms with van der Waals surface area (Å²) < 4.78 is 5.60. The third-order valence-electron chi connectivity index (χ3n) is 4.81. The molecule has 1 amide bonds. The van der Waals surface area contributed by atoms with Crippen LogP contribution in [0, 0.1) is 0 Å². The van der Waals surface area contributed by atoms with Crippen LogP contribution in [0.1, 0.15) is 35.4 Å². The first-order valence-electron chi connectivity index (χ1n) is 8.39. The molecule has 2 heterocycles. The predicted octanol–water partition coefficient (Wildman–Crippen LogP) is 2.89. The van der Waals surface area contributed by atoms with E-state index in [0.717, 1.165) is 44.3 Å². The van der Waals surface area contributed by atoms with Crippen LogP contribution in [0.25, 0.3) is 0 Å². The second-order valence-corrected chi connectivity index (χ2v) is 6.32. The van der Waals surface area contributed by atoms with Gasteiger partial charge in [-0.3, -0.25) is 0 Å². The van der Waals surface area contributed by atoms with E-state index in [4.69, 9.17) is 4.74 Å². The first-order chi connectivity index (χ1) is 11.3. The maximum Gasteiger partial charge on any atom is 0.415 e. The third-order valence-corrected chi connectivity index (χ3v) is 4.81. The van der Waals surface area contributed by atoms with Crippen LogP contribution in [0.4, 0.5) is 4.79 Å². The quantitative estimate of drug-likeness (QED) is 0.881. The Labute approximate surface area is 135 Å². The summed E-state index contributed by atoms with van der Waals surface area (Å²) in [5, 5.41) is 0. The van der Waals surface area contributed by atoms with Crippen LogP contribution in [0.3, 0.4) is 0 Å². The normalized spacial score (nSPS) is 17.1. The highest BCUT2D eigenvalue weighted by Crippen LogP contribution is 2.26. The van der Waals surface area contributed by atoms with E-state index in [1.807, 2.05) is 12.1 Å². The van der Waals surface area contributed by atoms with E-state index in [1.54, 1.807) is 11.2 Å². The lowest BCUT2D eigenvalue weighted by atomic mass is 10.1. The number of ether oxygens (including phenoxy) is 1. The summed E-state index contributed by atoms with van der Waals surface area (Å²) in [5.74, 6) is 0.665. The molecule has 5 nitrogen and oxygen atoms in total. The van der Waals surface area contributed by atoms with Crippen LogP contribution >= 0.6 is 0 Å². The van der Waals surface area contributed by atoms with E-state index in [0.29, 0.717) is 12.3 Å². The number of hydrogen-bond acceptors (Lipinski definition) is 3. The predicted molar refractivity (Wildman–Crippen MR) is 86.7 cm³/mol. The number of benzene rings is 1. The first-order valence-corrected chi connectivity index (χ1v) is 8.39. The van der Waals surface area contributed by atoms with Gasteiger partial charge in [-0.05, 0) is 55.4 Å². The van der Waals surface area contributed by atoms with Crippen LogP contribution in [0.5, 0.6) is 5.75 Å². The Bertz CT molecular complexity index is 723. The van der Waals surface area contributed by atoms with Crippen LogP contribution in [0.15, 0.2) is 24.5 Å². The van der Waals surface area contributed by atoms with Gasteiger partial charge in [0.2, 0.25) is 0 Å². The number of rotatable bonds is 1. The number of amides is 1. The molecule has 2 aromatic rings. The number of nitrogens with one attached hydrogen (secondary N) is 1. The number of aromatic nitrogens is 2. The number of fused-ring (bicyclic) bond motifs is 2. The molecule has 0 spiro atoms. The molecule has 0 atom stereocenters. The van der Waals surface area contributed by atoms with E-state index in [9.17, 15) is 4.79 Å². The SMILES string of the molecule is O=C(Oc1ccc2c(c1)CCC2)N1CCCc2[nH]cnc2CC1. The standard InChI is InChI=1S/C18H21N3O2/c22-18(23-15-7-6-13-3-1-4-14(13)11-15)21-9-2-5-16-17(8-10-21)20-12-19-16/h6-7,11-12H,1-5,8-10H2,(H,19,20). The summed E-state index contributed by atoms with van der Waals surface area (Å²) in [6.45, 7) is 1.38. The van der Waals surface area contributed by atoms with Crippen molar-refractivity contribution in [3.05, 3.63) is 47.0 Å². The molecule has 0 fully saturated rings. The topological polar surface area (TPSA) is 58.2 Å². The van der Waals surface area contributed by atoms with Crippen LogP contribution in [-0.2, 0) is 25.7 Å². The average molecular weight is 311 g/mol. The lowest BCUT2D eigenvalue weighted by molar-refractivity contribution is 0.151. The Balaban J connectivity index is 1.42. The van der Waals surface area contributed by atoms with Crippen molar-refractivity contribution < 1.29 is 9.53 Å². The number of carbonyl (C=O) groups excluding carboxylic acids is 1. The molecule has 23 heavy (non-hydrogen) atoms. The molecule has 2 aliphatic rings. The van der Waals surface area contributed by atoms with Gasteiger partial charge in [0.05, 0.1) is 12.0 Å². The van der Waals surface area contributed by atoms with Gasteiger partial charge in [-0.25, -0.2) is 9.78 Å². The molecule has 1 aliphatic carbocycles. The zero-order chi connectivity index (χ0) is 15.6. The first kappa shape index (κ1) is 14.3. The zero-order valence-electron chi connectivity index (χ0n) is 13.2. The molecule has 120 valence electrons. The number of carbonyl (C=O) groups is 1. The molecule has 1 N–H and O–H groups in total. The summed E-state index contributed by atoms with van der Waals surface area (Å²) in [4.78, 5) is 21.8. The van der Waals surface area contributed by atoms with Crippen molar-refractivity contribution in [2.24, 2.45) is 0 Å². The van der Waals surface area contributed by atoms with Gasteiger partial charge in [-0.2, -0.15) is 0 Å². The fourth-order valence-corrected chi connectivity index (χ4v) is 3.54. The molecule has 1 aliphatic heterocycles. The summed E-state index contributed by atoms with van der Waals surface area (Å²) in [5.41, 5.74) is 4.99. The van der Waals surface area contributed by atoms with Crippen molar-refractivity contribution >= 4 is 6.09 Å². The van der Waals surface area contributed by atoms with Crippen LogP contribution in [-0.4, -0.2) is 34.1 Å². The Hall–Kier alpha value is -2.30. The molecule has 0 unspecified atom stereocenters. The van der Waals surface area contributed by atoms with Crippen molar-refractivity contribution in [3.63, 3.8) is 0 Å². The number of aryl methyl sites for hydroxylation is 3. The summed E-state index contributed by atoms with van der Waals surface area (Å²) >= 11 is 0. The lowest BCUT2D eigenvalue weighted by Crippen LogP contribution is -2.37. The molecule has 0 saturated carbocycles. The highest BCUT2D eigenvalue weighted by molar-refractivity contribution is 5.71. The fourth-order valence-electron chi connectivity index (χ4n) is 3.54. The number of H-pyrrole nitrogens is 1. The molecule has 4 rings (SSSR count). The lowest BCUT2D eigenvalue weighted by Gasteiger charge is -2.23. The minimum atomic E-state index is -0.248. The minimum Gasteiger partial charge on any atom is -0.410 e. The molecule has 5 heteroatoms. The van der Waals surface area contributed by atoms with Crippen molar-refractivity contribution in [2.45, 2.75) is 38.5 Å². The van der Waals surface area contributed by atoms with Gasteiger partial charge < -0.3 is 14.6 Å². The largest absolute Gasteiger partial charge is 0.415 e. The van der Waals surface area contributed by atoms with Gasteiger partial charge in [-0.15, -0.1) is 0 Å². The molecule has 1 aromatic carbocycles. The van der Waals surface area contributed by atoms with Gasteiger partial charge in [-0.1, -0.05) is 6.07 Å². The second kappa shape index (κ2) is 6.07. The maximum absolute atomic E-state index is 12.5. The zero-order valence-corrected chi connectivity index (χ0v) is 13.2. The van der Waals surface area contributed by atoms with Gasteiger partial charge in [0.15, 0.2) is 0 Å². The Kier molecular flexibility index (Phi) is 3.77. The fraction of sp³-hybridized carbons (Fsp3) is 0.444. The summed E-state index contributed by atoms with van der Waals surface area (Å²) in [6.07, 6.45) is 7.55. The van der Waals surface area contributed by atoms with Gasteiger partial charge >= 0.3 is 6.09 Å². The van der Waals surface area contributed by atoms with E-state index < -0.39 is 0 Å². The second-order valence-electron chi connectivity index (χ2n) is 6.32. The smallest absolute Gasteiger partial charge is 0.410 e. The van der Waals surface area contributed by atoms with E-state index in [2.05, 4.69) is 16.0 Å². The number of hydrogen-bond donors (Lipinski definition) is 1. The number of imidazole rings is 1. The maximum atomic E-state index is 12.5. The highest BCUT2D eigenvalue weighted by atomic mass is 16.6. The number of aromatic amines is 1. The summed E-state index contributed by atoms with van der Waals surface area (Å²) in [6, 6.07) is 6.03. The van der Waals surface area contributed by atoms with Gasteiger partial charge in [0.1, 0.15) is 5.75 Å². The molecule has 0 saturated heterocycles. The molecule has 0 radical (unpaired) electrons. The van der Waals surface area contributed by atoms with E-state index in [-0.39, 0.29) is 6.09 Å². The number of nitrogens with zero attached hydrogens (tertiary/aromatic N) is 2. The minimum absolute atomic E-state index is 0.248. The summed E-state index contributed by atoms with van der Waals surface area (Å²) in [7, 11) is 0. The average Bonchev–Trinajstić information content (AvgIpc) is 3.15. The van der Waals surface area contributed by atoms with Gasteiger partial charge in [0.25, 0.3) is 0 Å². The van der Waals surface area contributed by atoms with E-state index >= 15 is 0 Å².